The van der Waals surface area contributed by atoms with E-state index in [-0.39, 0.29) is 10.6 Å². The number of halogens is 3. The van der Waals surface area contributed by atoms with Crippen LogP contribution in [-0.2, 0) is 0 Å². The molecule has 2 nitrogen and oxygen atoms in total. The van der Waals surface area contributed by atoms with Crippen LogP contribution >= 0.6 is 27.5 Å². The lowest BCUT2D eigenvalue weighted by atomic mass is 9.80. The molecule has 0 radical (unpaired) electrons. The van der Waals surface area contributed by atoms with Crippen LogP contribution in [0.1, 0.15) is 38.3 Å². The number of hydrogen-bond donors (Lipinski definition) is 1. The maximum absolute atomic E-state index is 14.3. The predicted octanol–water partition coefficient (Wildman–Crippen LogP) is 4.36. The summed E-state index contributed by atoms with van der Waals surface area (Å²) in [6.45, 7) is 4.14. The molecule has 0 saturated carbocycles. The van der Waals surface area contributed by atoms with E-state index < -0.39 is 11.9 Å². The van der Waals surface area contributed by atoms with E-state index in [2.05, 4.69) is 34.7 Å². The van der Waals surface area contributed by atoms with E-state index in [1.165, 1.54) is 0 Å². The topological polar surface area (TPSA) is 29.3 Å². The molecule has 0 fully saturated rings. The van der Waals surface area contributed by atoms with Crippen molar-refractivity contribution in [3.05, 3.63) is 33.0 Å². The van der Waals surface area contributed by atoms with Gasteiger partial charge in [0.1, 0.15) is 5.82 Å². The van der Waals surface area contributed by atoms with Gasteiger partial charge in [-0.15, -0.1) is 0 Å². The lowest BCUT2D eigenvalue weighted by molar-refractivity contribution is 0.104. The molecule has 1 aromatic rings. The van der Waals surface area contributed by atoms with Gasteiger partial charge in [0.05, 0.1) is 11.1 Å². The summed E-state index contributed by atoms with van der Waals surface area (Å²) in [5, 5.41) is 0.0906. The van der Waals surface area contributed by atoms with Crippen molar-refractivity contribution in [2.24, 2.45) is 5.73 Å². The number of rotatable bonds is 5. The Bertz CT molecular complexity index is 447. The van der Waals surface area contributed by atoms with Crippen molar-refractivity contribution < 1.29 is 4.39 Å². The van der Waals surface area contributed by atoms with Crippen molar-refractivity contribution in [1.29, 1.82) is 0 Å². The molecular weight excluding hydrogens is 331 g/mol. The van der Waals surface area contributed by atoms with Crippen molar-refractivity contribution in [3.8, 4) is 0 Å². The van der Waals surface area contributed by atoms with Crippen molar-refractivity contribution in [2.75, 3.05) is 14.1 Å². The molecule has 19 heavy (non-hydrogen) atoms. The van der Waals surface area contributed by atoms with Gasteiger partial charge in [0, 0.05) is 15.6 Å². The first-order valence-corrected chi connectivity index (χ1v) is 7.55. The first-order valence-electron chi connectivity index (χ1n) is 6.38. The standard InChI is InChI=1S/C14H21BrClFN2/c1-5-14(6-2,19(3)4)13(18)9-7-8-10(15)11(16)12(9)17/h7-8,13H,5-6,18H2,1-4H3. The van der Waals surface area contributed by atoms with Crippen LogP contribution in [0, 0.1) is 5.82 Å². The van der Waals surface area contributed by atoms with Crippen molar-refractivity contribution in [3.63, 3.8) is 0 Å². The van der Waals surface area contributed by atoms with E-state index >= 15 is 0 Å². The normalized spacial score (nSPS) is 13.9. The van der Waals surface area contributed by atoms with Gasteiger partial charge >= 0.3 is 0 Å². The Morgan fingerprint density at radius 1 is 1.37 bits per heavy atom. The van der Waals surface area contributed by atoms with Gasteiger partial charge in [0.2, 0.25) is 0 Å². The molecule has 0 aliphatic carbocycles. The maximum Gasteiger partial charge on any atom is 0.147 e. The second-order valence-electron chi connectivity index (χ2n) is 4.95. The highest BCUT2D eigenvalue weighted by molar-refractivity contribution is 9.10. The summed E-state index contributed by atoms with van der Waals surface area (Å²) in [7, 11) is 3.95. The van der Waals surface area contributed by atoms with Crippen LogP contribution in [0.4, 0.5) is 4.39 Å². The fourth-order valence-corrected chi connectivity index (χ4v) is 3.15. The summed E-state index contributed by atoms with van der Waals surface area (Å²) in [5.74, 6) is -0.434. The minimum atomic E-state index is -0.434. The fourth-order valence-electron chi connectivity index (χ4n) is 2.67. The second kappa shape index (κ2) is 6.53. The van der Waals surface area contributed by atoms with Gasteiger partial charge in [-0.25, -0.2) is 4.39 Å². The quantitative estimate of drug-likeness (QED) is 0.799. The predicted molar refractivity (Wildman–Crippen MR) is 83.0 cm³/mol. The SMILES string of the molecule is CCC(CC)(C(N)c1ccc(Br)c(Cl)c1F)N(C)C. The molecule has 5 heteroatoms. The van der Waals surface area contributed by atoms with Crippen molar-refractivity contribution >= 4 is 27.5 Å². The minimum absolute atomic E-state index is 0.0906. The summed E-state index contributed by atoms with van der Waals surface area (Å²) >= 11 is 9.17. The molecule has 0 saturated heterocycles. The summed E-state index contributed by atoms with van der Waals surface area (Å²) < 4.78 is 14.9. The monoisotopic (exact) mass is 350 g/mol. The smallest absolute Gasteiger partial charge is 0.147 e. The van der Waals surface area contributed by atoms with Crippen LogP contribution in [0.3, 0.4) is 0 Å². The fraction of sp³-hybridized carbons (Fsp3) is 0.571. The van der Waals surface area contributed by atoms with E-state index in [0.29, 0.717) is 10.0 Å². The van der Waals surface area contributed by atoms with Gasteiger partial charge in [-0.3, -0.25) is 0 Å². The van der Waals surface area contributed by atoms with Crippen LogP contribution in [-0.4, -0.2) is 24.5 Å². The van der Waals surface area contributed by atoms with E-state index in [1.54, 1.807) is 12.1 Å². The van der Waals surface area contributed by atoms with Crippen LogP contribution in [0.5, 0.6) is 0 Å². The van der Waals surface area contributed by atoms with Gasteiger partial charge in [-0.05, 0) is 48.9 Å². The maximum atomic E-state index is 14.3. The molecule has 1 atom stereocenters. The Morgan fingerprint density at radius 2 is 1.89 bits per heavy atom. The average Bonchev–Trinajstić information content (AvgIpc) is 2.37. The Hall–Kier alpha value is -0.160. The molecule has 0 aromatic heterocycles. The van der Waals surface area contributed by atoms with Crippen LogP contribution in [0.2, 0.25) is 5.02 Å². The lowest BCUT2D eigenvalue weighted by Crippen LogP contribution is -2.51. The molecular formula is C14H21BrClFN2. The Morgan fingerprint density at radius 3 is 2.32 bits per heavy atom. The molecule has 0 amide bonds. The van der Waals surface area contributed by atoms with Crippen LogP contribution in [0.15, 0.2) is 16.6 Å². The molecule has 2 N–H and O–H groups in total. The zero-order valence-corrected chi connectivity index (χ0v) is 14.1. The van der Waals surface area contributed by atoms with E-state index in [9.17, 15) is 4.39 Å². The molecule has 1 rings (SSSR count). The highest BCUT2D eigenvalue weighted by Gasteiger charge is 2.38. The highest BCUT2D eigenvalue weighted by Crippen LogP contribution is 2.38. The largest absolute Gasteiger partial charge is 0.322 e. The number of hydrogen-bond acceptors (Lipinski definition) is 2. The molecule has 0 aliphatic rings. The van der Waals surface area contributed by atoms with Gasteiger partial charge in [0.15, 0.2) is 0 Å². The Balaban J connectivity index is 3.32. The third-order valence-corrected chi connectivity index (χ3v) is 5.35. The molecule has 108 valence electrons. The first kappa shape index (κ1) is 16.9. The van der Waals surface area contributed by atoms with Crippen LogP contribution in [0.25, 0.3) is 0 Å². The summed E-state index contributed by atoms with van der Waals surface area (Å²) in [4.78, 5) is 2.08. The van der Waals surface area contributed by atoms with Gasteiger partial charge < -0.3 is 10.6 Å². The van der Waals surface area contributed by atoms with E-state index in [1.807, 2.05) is 14.1 Å². The molecule has 0 bridgehead atoms. The Labute approximate surface area is 128 Å². The minimum Gasteiger partial charge on any atom is -0.322 e. The van der Waals surface area contributed by atoms with Crippen molar-refractivity contribution in [2.45, 2.75) is 38.3 Å². The van der Waals surface area contributed by atoms with Crippen molar-refractivity contribution in [1.82, 2.24) is 4.90 Å². The molecule has 0 aliphatic heterocycles. The number of likely N-dealkylation sites (N-methyl/N-ethyl adjacent to an activating group) is 1. The number of nitrogens with zero attached hydrogens (tertiary/aromatic N) is 1. The molecule has 0 heterocycles. The zero-order chi connectivity index (χ0) is 14.8. The lowest BCUT2D eigenvalue weighted by Gasteiger charge is -2.43. The van der Waals surface area contributed by atoms with Gasteiger partial charge in [-0.1, -0.05) is 31.5 Å². The Kier molecular flexibility index (Phi) is 5.80. The van der Waals surface area contributed by atoms with Gasteiger partial charge in [-0.2, -0.15) is 0 Å². The third-order valence-electron chi connectivity index (χ3n) is 4.09. The molecule has 0 spiro atoms. The zero-order valence-electron chi connectivity index (χ0n) is 11.8. The average molecular weight is 352 g/mol. The molecule has 1 aromatic carbocycles. The first-order chi connectivity index (χ1) is 8.81. The molecule has 1 unspecified atom stereocenters. The summed E-state index contributed by atoms with van der Waals surface area (Å²) in [5.41, 5.74) is 6.54. The summed E-state index contributed by atoms with van der Waals surface area (Å²) in [6, 6.07) is 3.02. The summed E-state index contributed by atoms with van der Waals surface area (Å²) in [6.07, 6.45) is 1.68. The highest BCUT2D eigenvalue weighted by atomic mass is 79.9. The van der Waals surface area contributed by atoms with Crippen LogP contribution < -0.4 is 5.73 Å². The van der Waals surface area contributed by atoms with E-state index in [4.69, 9.17) is 17.3 Å². The third kappa shape index (κ3) is 2.97. The van der Waals surface area contributed by atoms with E-state index in [0.717, 1.165) is 12.8 Å². The second-order valence-corrected chi connectivity index (χ2v) is 6.18. The number of benzene rings is 1. The number of nitrogens with two attached hydrogens (primary N) is 1. The van der Waals surface area contributed by atoms with Gasteiger partial charge in [0.25, 0.3) is 0 Å².